The molecule has 0 amide bonds. The Kier molecular flexibility index (Phi) is 4.18. The second kappa shape index (κ2) is 5.21. The number of nitrogen functional groups attached to an aromatic ring is 1. The molecule has 90 valence electrons. The highest BCUT2D eigenvalue weighted by Crippen LogP contribution is 2.20. The first-order chi connectivity index (χ1) is 7.38. The Hall–Kier alpha value is -1.23. The Morgan fingerprint density at radius 2 is 2.06 bits per heavy atom. The van der Waals surface area contributed by atoms with E-state index in [0.717, 1.165) is 11.3 Å². The van der Waals surface area contributed by atoms with Crippen LogP contribution < -0.4 is 10.5 Å². The van der Waals surface area contributed by atoms with Crippen LogP contribution >= 0.6 is 0 Å². The number of sulfone groups is 1. The summed E-state index contributed by atoms with van der Waals surface area (Å²) in [6, 6.07) is 5.38. The van der Waals surface area contributed by atoms with E-state index in [0.29, 0.717) is 18.7 Å². The highest BCUT2D eigenvalue weighted by molar-refractivity contribution is 7.90. The van der Waals surface area contributed by atoms with E-state index in [-0.39, 0.29) is 5.75 Å². The van der Waals surface area contributed by atoms with Gasteiger partial charge in [-0.25, -0.2) is 8.42 Å². The molecular weight excluding hydrogens is 226 g/mol. The van der Waals surface area contributed by atoms with E-state index >= 15 is 0 Å². The number of aryl methyl sites for hydroxylation is 1. The molecule has 0 fully saturated rings. The summed E-state index contributed by atoms with van der Waals surface area (Å²) >= 11 is 0. The number of anilines is 1. The summed E-state index contributed by atoms with van der Waals surface area (Å²) in [5.41, 5.74) is 7.26. The highest BCUT2D eigenvalue weighted by atomic mass is 32.2. The summed E-state index contributed by atoms with van der Waals surface area (Å²) in [4.78, 5) is 0. The van der Waals surface area contributed by atoms with Crippen molar-refractivity contribution in [3.05, 3.63) is 23.8 Å². The van der Waals surface area contributed by atoms with Gasteiger partial charge < -0.3 is 10.5 Å². The molecule has 0 aliphatic carbocycles. The Morgan fingerprint density at radius 1 is 1.38 bits per heavy atom. The monoisotopic (exact) mass is 243 g/mol. The average molecular weight is 243 g/mol. The summed E-state index contributed by atoms with van der Waals surface area (Å²) in [5, 5.41) is 0. The second-order valence-electron chi connectivity index (χ2n) is 3.86. The van der Waals surface area contributed by atoms with Gasteiger partial charge in [0, 0.05) is 11.9 Å². The molecule has 0 bridgehead atoms. The molecule has 4 nitrogen and oxygen atoms in total. The number of nitrogens with two attached hydrogens (primary N) is 1. The van der Waals surface area contributed by atoms with Crippen molar-refractivity contribution < 1.29 is 13.2 Å². The van der Waals surface area contributed by atoms with E-state index in [2.05, 4.69) is 0 Å². The van der Waals surface area contributed by atoms with E-state index in [1.54, 1.807) is 12.1 Å². The van der Waals surface area contributed by atoms with Gasteiger partial charge >= 0.3 is 0 Å². The molecule has 0 saturated heterocycles. The van der Waals surface area contributed by atoms with Crippen LogP contribution in [0.15, 0.2) is 18.2 Å². The minimum atomic E-state index is -2.90. The predicted molar refractivity (Wildman–Crippen MR) is 65.4 cm³/mol. The van der Waals surface area contributed by atoms with Crippen LogP contribution in [-0.4, -0.2) is 27.0 Å². The number of ether oxygens (including phenoxy) is 1. The fourth-order valence-corrected chi connectivity index (χ4v) is 1.98. The standard InChI is InChI=1S/C11H17NO3S/c1-9-8-10(12)4-5-11(9)15-6-3-7-16(2,13)14/h4-5,8H,3,6-7,12H2,1-2H3. The molecule has 0 spiro atoms. The van der Waals surface area contributed by atoms with Crippen LogP contribution in [-0.2, 0) is 9.84 Å². The van der Waals surface area contributed by atoms with Crippen molar-refractivity contribution in [2.75, 3.05) is 24.3 Å². The number of hydrogen-bond acceptors (Lipinski definition) is 4. The fourth-order valence-electron chi connectivity index (χ4n) is 1.34. The van der Waals surface area contributed by atoms with Crippen molar-refractivity contribution in [2.24, 2.45) is 0 Å². The van der Waals surface area contributed by atoms with Crippen molar-refractivity contribution in [2.45, 2.75) is 13.3 Å². The number of hydrogen-bond donors (Lipinski definition) is 1. The summed E-state index contributed by atoms with van der Waals surface area (Å²) < 4.78 is 27.2. The first-order valence-corrected chi connectivity index (χ1v) is 7.11. The van der Waals surface area contributed by atoms with Gasteiger partial charge in [0.2, 0.25) is 0 Å². The highest BCUT2D eigenvalue weighted by Gasteiger charge is 2.03. The normalized spacial score (nSPS) is 11.4. The van der Waals surface area contributed by atoms with Crippen LogP contribution in [0.25, 0.3) is 0 Å². The molecule has 0 aliphatic rings. The topological polar surface area (TPSA) is 69.4 Å². The van der Waals surface area contributed by atoms with Crippen molar-refractivity contribution in [1.82, 2.24) is 0 Å². The lowest BCUT2D eigenvalue weighted by Crippen LogP contribution is -2.08. The van der Waals surface area contributed by atoms with E-state index in [9.17, 15) is 8.42 Å². The molecule has 0 aliphatic heterocycles. The minimum absolute atomic E-state index is 0.154. The van der Waals surface area contributed by atoms with E-state index in [1.807, 2.05) is 13.0 Å². The van der Waals surface area contributed by atoms with Gasteiger partial charge in [-0.2, -0.15) is 0 Å². The zero-order valence-electron chi connectivity index (χ0n) is 9.56. The third-order valence-electron chi connectivity index (χ3n) is 2.12. The van der Waals surface area contributed by atoms with Crippen LogP contribution in [0.2, 0.25) is 0 Å². The van der Waals surface area contributed by atoms with Crippen LogP contribution in [0, 0.1) is 6.92 Å². The largest absolute Gasteiger partial charge is 0.493 e. The predicted octanol–water partition coefficient (Wildman–Crippen LogP) is 1.39. The lowest BCUT2D eigenvalue weighted by Gasteiger charge is -2.09. The molecule has 16 heavy (non-hydrogen) atoms. The minimum Gasteiger partial charge on any atom is -0.493 e. The van der Waals surface area contributed by atoms with Gasteiger partial charge in [-0.1, -0.05) is 0 Å². The van der Waals surface area contributed by atoms with Crippen LogP contribution in [0.4, 0.5) is 5.69 Å². The van der Waals surface area contributed by atoms with Gasteiger partial charge in [0.1, 0.15) is 15.6 Å². The number of rotatable bonds is 5. The zero-order valence-corrected chi connectivity index (χ0v) is 10.4. The van der Waals surface area contributed by atoms with Crippen molar-refractivity contribution in [1.29, 1.82) is 0 Å². The Balaban J connectivity index is 2.43. The van der Waals surface area contributed by atoms with Crippen molar-refractivity contribution in [3.8, 4) is 5.75 Å². The van der Waals surface area contributed by atoms with Gasteiger partial charge in [-0.05, 0) is 37.1 Å². The number of benzene rings is 1. The van der Waals surface area contributed by atoms with Crippen LogP contribution in [0.1, 0.15) is 12.0 Å². The van der Waals surface area contributed by atoms with E-state index in [1.165, 1.54) is 6.26 Å². The van der Waals surface area contributed by atoms with Gasteiger partial charge in [-0.15, -0.1) is 0 Å². The maximum Gasteiger partial charge on any atom is 0.147 e. The zero-order chi connectivity index (χ0) is 12.2. The summed E-state index contributed by atoms with van der Waals surface area (Å²) in [5.74, 6) is 0.906. The third-order valence-corrected chi connectivity index (χ3v) is 3.15. The molecule has 0 radical (unpaired) electrons. The molecule has 1 aromatic carbocycles. The molecule has 2 N–H and O–H groups in total. The fraction of sp³-hybridized carbons (Fsp3) is 0.455. The Bertz CT molecular complexity index is 454. The maximum atomic E-state index is 10.9. The van der Waals surface area contributed by atoms with Gasteiger partial charge in [0.05, 0.1) is 12.4 Å². The van der Waals surface area contributed by atoms with Crippen LogP contribution in [0.5, 0.6) is 5.75 Å². The molecule has 1 aromatic rings. The lowest BCUT2D eigenvalue weighted by molar-refractivity contribution is 0.315. The van der Waals surface area contributed by atoms with Gasteiger partial charge in [-0.3, -0.25) is 0 Å². The molecule has 0 saturated carbocycles. The molecule has 5 heteroatoms. The van der Waals surface area contributed by atoms with Crippen LogP contribution in [0.3, 0.4) is 0 Å². The molecule has 0 aromatic heterocycles. The second-order valence-corrected chi connectivity index (χ2v) is 6.12. The maximum absolute atomic E-state index is 10.9. The smallest absolute Gasteiger partial charge is 0.147 e. The molecule has 0 unspecified atom stereocenters. The summed E-state index contributed by atoms with van der Waals surface area (Å²) in [6.45, 7) is 2.31. The van der Waals surface area contributed by atoms with Crippen molar-refractivity contribution in [3.63, 3.8) is 0 Å². The average Bonchev–Trinajstić information content (AvgIpc) is 2.13. The van der Waals surface area contributed by atoms with Crippen molar-refractivity contribution >= 4 is 15.5 Å². The third kappa shape index (κ3) is 4.53. The van der Waals surface area contributed by atoms with Gasteiger partial charge in [0.15, 0.2) is 0 Å². The van der Waals surface area contributed by atoms with E-state index < -0.39 is 9.84 Å². The first kappa shape index (κ1) is 12.8. The Labute approximate surface area is 96.3 Å². The summed E-state index contributed by atoms with van der Waals surface area (Å²) in [6.07, 6.45) is 1.73. The van der Waals surface area contributed by atoms with E-state index in [4.69, 9.17) is 10.5 Å². The summed E-state index contributed by atoms with van der Waals surface area (Å²) in [7, 11) is -2.90. The quantitative estimate of drug-likeness (QED) is 0.626. The molecule has 1 rings (SSSR count). The molecule has 0 heterocycles. The molecule has 0 atom stereocenters. The van der Waals surface area contributed by atoms with Gasteiger partial charge in [0.25, 0.3) is 0 Å². The Morgan fingerprint density at radius 3 is 2.62 bits per heavy atom. The molecular formula is C11H17NO3S. The lowest BCUT2D eigenvalue weighted by atomic mass is 10.2. The first-order valence-electron chi connectivity index (χ1n) is 5.05. The SMILES string of the molecule is Cc1cc(N)ccc1OCCCS(C)(=O)=O.